The lowest BCUT2D eigenvalue weighted by Gasteiger charge is -2.29. The maximum Gasteiger partial charge on any atom is 0.167 e. The van der Waals surface area contributed by atoms with Gasteiger partial charge in [-0.25, -0.2) is 0 Å². The van der Waals surface area contributed by atoms with E-state index < -0.39 is 0 Å². The molecule has 6 nitrogen and oxygen atoms in total. The molecule has 234 valence electrons. The first-order valence-electron chi connectivity index (χ1n) is 14.6. The van der Waals surface area contributed by atoms with Crippen molar-refractivity contribution in [2.24, 2.45) is 11.8 Å². The fourth-order valence-corrected chi connectivity index (χ4v) is 5.89. The highest BCUT2D eigenvalue weighted by atomic mass is 35.5. The zero-order valence-corrected chi connectivity index (χ0v) is 27.7. The second-order valence-electron chi connectivity index (χ2n) is 9.97. The Morgan fingerprint density at radius 3 is 1.17 bits per heavy atom. The van der Waals surface area contributed by atoms with Crippen molar-refractivity contribution >= 4 is 58.0 Å². The summed E-state index contributed by atoms with van der Waals surface area (Å²) in [6.45, 7) is 8.43. The number of carbonyl (C=O) groups is 2. The number of rotatable bonds is 23. The van der Waals surface area contributed by atoms with Gasteiger partial charge in [-0.1, -0.05) is 0 Å². The van der Waals surface area contributed by atoms with Gasteiger partial charge < -0.3 is 19.3 Å². The van der Waals surface area contributed by atoms with Crippen molar-refractivity contribution in [3.63, 3.8) is 0 Å². The molecule has 0 aliphatic heterocycles. The van der Waals surface area contributed by atoms with Gasteiger partial charge >= 0.3 is 0 Å². The summed E-state index contributed by atoms with van der Waals surface area (Å²) in [7, 11) is 0. The Bertz CT molecular complexity index is 944. The lowest BCUT2D eigenvalue weighted by atomic mass is 9.86. The average Bonchev–Trinajstić information content (AvgIpc) is 2.99. The van der Waals surface area contributed by atoms with Crippen molar-refractivity contribution in [1.82, 2.24) is 9.80 Å². The Labute approximate surface area is 271 Å². The van der Waals surface area contributed by atoms with Crippen LogP contribution in [0.5, 0.6) is 11.5 Å². The third-order valence-electron chi connectivity index (χ3n) is 7.06. The maximum absolute atomic E-state index is 13.9. The minimum atomic E-state index is -0.348. The highest BCUT2D eigenvalue weighted by Crippen LogP contribution is 2.25. The van der Waals surface area contributed by atoms with E-state index in [0.717, 1.165) is 11.5 Å². The topological polar surface area (TPSA) is 59.1 Å². The van der Waals surface area contributed by atoms with Crippen LogP contribution in [0.15, 0.2) is 48.5 Å². The van der Waals surface area contributed by atoms with Gasteiger partial charge in [0.15, 0.2) is 11.6 Å². The van der Waals surface area contributed by atoms with E-state index in [-0.39, 0.29) is 23.4 Å². The van der Waals surface area contributed by atoms with Gasteiger partial charge in [-0.05, 0) is 75.2 Å². The van der Waals surface area contributed by atoms with Gasteiger partial charge in [0, 0.05) is 85.8 Å². The van der Waals surface area contributed by atoms with Crippen molar-refractivity contribution in [1.29, 1.82) is 0 Å². The number of ether oxygens (including phenoxy) is 2. The molecule has 2 aromatic rings. The minimum Gasteiger partial charge on any atom is -0.494 e. The maximum atomic E-state index is 13.9. The second-order valence-corrected chi connectivity index (χ2v) is 11.5. The molecule has 42 heavy (non-hydrogen) atoms. The first kappa shape index (κ1) is 36.7. The molecule has 0 saturated carbocycles. The molecule has 0 saturated heterocycles. The molecule has 0 unspecified atom stereocenters. The summed E-state index contributed by atoms with van der Waals surface area (Å²) in [4.78, 5) is 32.0. The van der Waals surface area contributed by atoms with E-state index in [1.165, 1.54) is 0 Å². The normalized spacial score (nSPS) is 12.9. The van der Waals surface area contributed by atoms with E-state index in [1.54, 1.807) is 24.3 Å². The number of Topliss-reactive ketones (excluding diaryl/α,β-unsaturated/α-hetero) is 2. The van der Waals surface area contributed by atoms with Gasteiger partial charge in [0.1, 0.15) is 11.5 Å². The SMILES string of the molecule is CCOc1ccc(C(=O)[C@H](CC[C@@H](CN(CCCl)CCCl)C(=O)c2ccc(OCC)cc2)CN(CCCl)CCCl)cc1. The standard InChI is InChI=1S/C32H44Cl4N2O4/c1-3-41-29-11-7-25(8-12-29)31(39)27(23-37(19-15-33)20-16-34)5-6-28(24-38(21-17-35)22-18-36)32(40)26-9-13-30(14-10-26)42-4-2/h7-14,27-28H,3-6,15-24H2,1-2H3/t27-,28+. The molecule has 0 heterocycles. The average molecular weight is 663 g/mol. The van der Waals surface area contributed by atoms with Crippen LogP contribution in [0.25, 0.3) is 0 Å². The van der Waals surface area contributed by atoms with Crippen LogP contribution in [-0.2, 0) is 0 Å². The number of carbonyl (C=O) groups excluding carboxylic acids is 2. The third-order valence-corrected chi connectivity index (χ3v) is 7.74. The summed E-state index contributed by atoms with van der Waals surface area (Å²) in [6.07, 6.45) is 1.05. The predicted octanol–water partition coefficient (Wildman–Crippen LogP) is 7.12. The lowest BCUT2D eigenvalue weighted by Crippen LogP contribution is -2.38. The molecule has 0 fully saturated rings. The largest absolute Gasteiger partial charge is 0.494 e. The van der Waals surface area contributed by atoms with Crippen LogP contribution in [0.4, 0.5) is 0 Å². The van der Waals surface area contributed by atoms with E-state index >= 15 is 0 Å². The van der Waals surface area contributed by atoms with Gasteiger partial charge in [0.05, 0.1) is 13.2 Å². The van der Waals surface area contributed by atoms with Crippen LogP contribution < -0.4 is 9.47 Å². The smallest absolute Gasteiger partial charge is 0.167 e. The number of hydrogen-bond donors (Lipinski definition) is 0. The first-order valence-corrected chi connectivity index (χ1v) is 16.8. The summed E-state index contributed by atoms with van der Waals surface area (Å²) in [5.41, 5.74) is 1.22. The zero-order valence-electron chi connectivity index (χ0n) is 24.7. The Morgan fingerprint density at radius 2 is 0.905 bits per heavy atom. The van der Waals surface area contributed by atoms with E-state index in [9.17, 15) is 9.59 Å². The fraction of sp³-hybridized carbons (Fsp3) is 0.562. The van der Waals surface area contributed by atoms with Crippen molar-refractivity contribution < 1.29 is 19.1 Å². The van der Waals surface area contributed by atoms with Crippen LogP contribution in [0.2, 0.25) is 0 Å². The molecule has 0 N–H and O–H groups in total. The Hall–Kier alpha value is -1.54. The Morgan fingerprint density at radius 1 is 0.595 bits per heavy atom. The number of alkyl halides is 4. The molecule has 0 amide bonds. The molecule has 0 aliphatic carbocycles. The number of hydrogen-bond acceptors (Lipinski definition) is 6. The van der Waals surface area contributed by atoms with Crippen molar-refractivity contribution in [3.8, 4) is 11.5 Å². The van der Waals surface area contributed by atoms with E-state index in [0.29, 0.717) is 100.0 Å². The first-order chi connectivity index (χ1) is 20.4. The predicted molar refractivity (Wildman–Crippen MR) is 176 cm³/mol. The van der Waals surface area contributed by atoms with Crippen molar-refractivity contribution in [2.75, 3.05) is 76.0 Å². The summed E-state index contributed by atoms with van der Waals surface area (Å²) >= 11 is 24.3. The Kier molecular flexibility index (Phi) is 18.5. The molecular formula is C32H44Cl4N2O4. The van der Waals surface area contributed by atoms with Crippen LogP contribution in [0.3, 0.4) is 0 Å². The van der Waals surface area contributed by atoms with Crippen molar-refractivity contribution in [2.45, 2.75) is 26.7 Å². The van der Waals surface area contributed by atoms with E-state index in [2.05, 4.69) is 9.80 Å². The van der Waals surface area contributed by atoms with Crippen LogP contribution in [0.1, 0.15) is 47.4 Å². The van der Waals surface area contributed by atoms with Gasteiger partial charge in [0.25, 0.3) is 0 Å². The summed E-state index contributed by atoms with van der Waals surface area (Å²) in [5, 5.41) is 0. The van der Waals surface area contributed by atoms with Crippen LogP contribution >= 0.6 is 46.4 Å². The molecular weight excluding hydrogens is 618 g/mol. The highest BCUT2D eigenvalue weighted by molar-refractivity contribution is 6.18. The number of nitrogens with zero attached hydrogens (tertiary/aromatic N) is 2. The minimum absolute atomic E-state index is 0.0258. The van der Waals surface area contributed by atoms with Crippen LogP contribution in [0, 0.1) is 11.8 Å². The summed E-state index contributed by atoms with van der Waals surface area (Å²) in [6, 6.07) is 14.5. The quantitative estimate of drug-likeness (QED) is 0.0934. The Balaban J connectivity index is 2.34. The van der Waals surface area contributed by atoms with Crippen LogP contribution in [-0.4, -0.2) is 97.4 Å². The lowest BCUT2D eigenvalue weighted by molar-refractivity contribution is 0.0816. The fourth-order valence-electron chi connectivity index (χ4n) is 4.94. The molecule has 10 heteroatoms. The van der Waals surface area contributed by atoms with E-state index in [1.807, 2.05) is 38.1 Å². The van der Waals surface area contributed by atoms with E-state index in [4.69, 9.17) is 55.9 Å². The molecule has 0 aliphatic rings. The second kappa shape index (κ2) is 21.2. The molecule has 2 aromatic carbocycles. The third kappa shape index (κ3) is 12.6. The monoisotopic (exact) mass is 660 g/mol. The molecule has 0 spiro atoms. The highest BCUT2D eigenvalue weighted by Gasteiger charge is 2.28. The van der Waals surface area contributed by atoms with Gasteiger partial charge in [-0.3, -0.25) is 9.59 Å². The number of ketones is 2. The van der Waals surface area contributed by atoms with Crippen molar-refractivity contribution in [3.05, 3.63) is 59.7 Å². The van der Waals surface area contributed by atoms with Gasteiger partial charge in [-0.2, -0.15) is 0 Å². The molecule has 0 aromatic heterocycles. The van der Waals surface area contributed by atoms with Gasteiger partial charge in [-0.15, -0.1) is 46.4 Å². The zero-order chi connectivity index (χ0) is 30.7. The number of benzene rings is 2. The molecule has 2 atom stereocenters. The summed E-state index contributed by atoms with van der Waals surface area (Å²) in [5.74, 6) is 2.54. The number of halogens is 4. The molecule has 2 rings (SSSR count). The molecule has 0 bridgehead atoms. The molecule has 0 radical (unpaired) electrons. The summed E-state index contributed by atoms with van der Waals surface area (Å²) < 4.78 is 11.1. The van der Waals surface area contributed by atoms with Gasteiger partial charge in [0.2, 0.25) is 0 Å².